The summed E-state index contributed by atoms with van der Waals surface area (Å²) in [5.41, 5.74) is 0. The van der Waals surface area contributed by atoms with Gasteiger partial charge in [-0.2, -0.15) is 74.6 Å². The predicted molar refractivity (Wildman–Crippen MR) is 86.9 cm³/mol. The third-order valence-electron chi connectivity index (χ3n) is 4.10. The van der Waals surface area contributed by atoms with E-state index in [0.717, 1.165) is 22.6 Å². The van der Waals surface area contributed by atoms with E-state index >= 15 is 0 Å². The Kier molecular flexibility index (Phi) is 9.18. The van der Waals surface area contributed by atoms with Crippen LogP contribution in [0, 0.1) is 0 Å². The van der Waals surface area contributed by atoms with Crippen molar-refractivity contribution in [2.75, 3.05) is 0 Å². The first kappa shape index (κ1) is 32.3. The lowest BCUT2D eigenvalue weighted by molar-refractivity contribution is -0.459. The quantitative estimate of drug-likeness (QED) is 0.120. The lowest BCUT2D eigenvalue weighted by Gasteiger charge is -2.42. The van der Waals surface area contributed by atoms with E-state index in [4.69, 9.17) is 0 Å². The highest BCUT2D eigenvalue weighted by molar-refractivity contribution is 14.1. The SMILES string of the molecule is CCCCCC(I)=CC(F)(F)C(F)(F)C(F)(F)C(F)(F)C(F)(F)C(F)(F)C(F)(F)C(F)(F)F. The van der Waals surface area contributed by atoms with Crippen LogP contribution in [0.4, 0.5) is 74.6 Å². The second-order valence-corrected chi connectivity index (χ2v) is 8.00. The van der Waals surface area contributed by atoms with Gasteiger partial charge in [-0.25, -0.2) is 0 Å². The first-order chi connectivity index (χ1) is 14.2. The summed E-state index contributed by atoms with van der Waals surface area (Å²) >= 11 is 0.867. The Morgan fingerprint density at radius 3 is 1.21 bits per heavy atom. The fourth-order valence-corrected chi connectivity index (χ4v) is 2.85. The highest BCUT2D eigenvalue weighted by atomic mass is 127. The fourth-order valence-electron chi connectivity index (χ4n) is 2.08. The molecule has 0 fully saturated rings. The third-order valence-corrected chi connectivity index (χ3v) is 4.95. The molecule has 0 amide bonds. The van der Waals surface area contributed by atoms with Crippen LogP contribution in [0.5, 0.6) is 0 Å². The van der Waals surface area contributed by atoms with Crippen LogP contribution in [0.3, 0.4) is 0 Å². The Morgan fingerprint density at radius 1 is 0.545 bits per heavy atom. The standard InChI is InChI=1S/C15H12F17I/c1-2-3-4-5-7(33)6-8(16,17)9(18,19)10(20,21)11(22,23)12(24,25)13(26,27)14(28,29)15(30,31)32/h6H,2-5H2,1H3. The summed E-state index contributed by atoms with van der Waals surface area (Å²) in [7, 11) is 0. The smallest absolute Gasteiger partial charge is 0.195 e. The van der Waals surface area contributed by atoms with Crippen molar-refractivity contribution in [2.24, 2.45) is 0 Å². The molecule has 18 heteroatoms. The number of allylic oxidation sites excluding steroid dienone is 2. The summed E-state index contributed by atoms with van der Waals surface area (Å²) in [5, 5.41) is 0. The van der Waals surface area contributed by atoms with Gasteiger partial charge in [0.15, 0.2) is 0 Å². The summed E-state index contributed by atoms with van der Waals surface area (Å²) in [4.78, 5) is 0. The Bertz CT molecular complexity index is 704. The van der Waals surface area contributed by atoms with Crippen LogP contribution in [0.1, 0.15) is 32.6 Å². The average Bonchev–Trinajstić information content (AvgIpc) is 2.59. The molecule has 0 nitrogen and oxygen atoms in total. The van der Waals surface area contributed by atoms with Crippen LogP contribution in [0.2, 0.25) is 0 Å². The molecule has 0 spiro atoms. The van der Waals surface area contributed by atoms with Crippen molar-refractivity contribution in [1.29, 1.82) is 0 Å². The molecule has 0 aliphatic carbocycles. The van der Waals surface area contributed by atoms with Gasteiger partial charge in [-0.1, -0.05) is 19.8 Å². The zero-order valence-corrected chi connectivity index (χ0v) is 17.9. The topological polar surface area (TPSA) is 0 Å². The van der Waals surface area contributed by atoms with Crippen molar-refractivity contribution in [3.05, 3.63) is 9.66 Å². The van der Waals surface area contributed by atoms with E-state index in [1.54, 1.807) is 6.92 Å². The Labute approximate surface area is 187 Å². The van der Waals surface area contributed by atoms with E-state index in [1.807, 2.05) is 0 Å². The van der Waals surface area contributed by atoms with Gasteiger partial charge in [0.2, 0.25) is 0 Å². The summed E-state index contributed by atoms with van der Waals surface area (Å²) < 4.78 is 222. The maximum Gasteiger partial charge on any atom is 0.460 e. The van der Waals surface area contributed by atoms with Crippen LogP contribution < -0.4 is 0 Å². The van der Waals surface area contributed by atoms with Gasteiger partial charge in [0, 0.05) is 6.08 Å². The molecule has 33 heavy (non-hydrogen) atoms. The molecule has 0 saturated heterocycles. The normalized spacial score (nSPS) is 16.4. The molecule has 0 aromatic rings. The maximum absolute atomic E-state index is 13.7. The van der Waals surface area contributed by atoms with Crippen LogP contribution in [-0.2, 0) is 0 Å². The monoisotopic (exact) mass is 642 g/mol. The first-order valence-corrected chi connectivity index (χ1v) is 9.37. The second kappa shape index (κ2) is 9.39. The Balaban J connectivity index is 6.56. The molecule has 198 valence electrons. The van der Waals surface area contributed by atoms with E-state index in [2.05, 4.69) is 0 Å². The van der Waals surface area contributed by atoms with Crippen molar-refractivity contribution in [3.63, 3.8) is 0 Å². The number of hydrogen-bond donors (Lipinski definition) is 0. The molecule has 0 unspecified atom stereocenters. The summed E-state index contributed by atoms with van der Waals surface area (Å²) in [5.74, 6) is -56.1. The molecule has 0 aliphatic heterocycles. The van der Waals surface area contributed by atoms with Crippen LogP contribution >= 0.6 is 22.6 Å². The molecule has 0 radical (unpaired) electrons. The van der Waals surface area contributed by atoms with Crippen molar-refractivity contribution < 1.29 is 74.6 Å². The van der Waals surface area contributed by atoms with E-state index in [-0.39, 0.29) is 12.8 Å². The zero-order valence-electron chi connectivity index (χ0n) is 15.7. The predicted octanol–water partition coefficient (Wildman–Crippen LogP) is 8.89. The van der Waals surface area contributed by atoms with Gasteiger partial charge < -0.3 is 0 Å². The van der Waals surface area contributed by atoms with E-state index in [0.29, 0.717) is 6.42 Å². The highest BCUT2D eigenvalue weighted by Crippen LogP contribution is 2.64. The minimum atomic E-state index is -8.60. The second-order valence-electron chi connectivity index (χ2n) is 6.62. The van der Waals surface area contributed by atoms with Crippen molar-refractivity contribution >= 4 is 22.6 Å². The molecule has 0 saturated carbocycles. The molecule has 0 rings (SSSR count). The van der Waals surface area contributed by atoms with Gasteiger partial charge in [-0.15, -0.1) is 0 Å². The molecule has 0 heterocycles. The van der Waals surface area contributed by atoms with Gasteiger partial charge in [0.25, 0.3) is 0 Å². The lowest BCUT2D eigenvalue weighted by Crippen LogP contribution is -2.74. The van der Waals surface area contributed by atoms with Crippen LogP contribution in [0.25, 0.3) is 0 Å². The van der Waals surface area contributed by atoms with Gasteiger partial charge in [-0.3, -0.25) is 0 Å². The van der Waals surface area contributed by atoms with Crippen molar-refractivity contribution in [1.82, 2.24) is 0 Å². The lowest BCUT2D eigenvalue weighted by atomic mass is 9.89. The van der Waals surface area contributed by atoms with Crippen LogP contribution in [0.15, 0.2) is 9.66 Å². The van der Waals surface area contributed by atoms with Gasteiger partial charge in [0.05, 0.1) is 0 Å². The molecule has 0 atom stereocenters. The van der Waals surface area contributed by atoms with E-state index < -0.39 is 63.7 Å². The van der Waals surface area contributed by atoms with Crippen molar-refractivity contribution in [3.8, 4) is 0 Å². The highest BCUT2D eigenvalue weighted by Gasteiger charge is 2.95. The Hall–Kier alpha value is -0.720. The third kappa shape index (κ3) is 5.13. The zero-order chi connectivity index (χ0) is 27.1. The number of unbranched alkanes of at least 4 members (excludes halogenated alkanes) is 2. The maximum atomic E-state index is 13.7. The van der Waals surface area contributed by atoms with E-state index in [1.165, 1.54) is 0 Å². The van der Waals surface area contributed by atoms with Crippen LogP contribution in [-0.4, -0.2) is 47.6 Å². The Morgan fingerprint density at radius 2 is 0.879 bits per heavy atom. The summed E-state index contributed by atoms with van der Waals surface area (Å²) in [6.07, 6.45) is -8.63. The number of alkyl halides is 17. The number of hydrogen-bond acceptors (Lipinski definition) is 0. The molecule has 0 aromatic heterocycles. The molecule has 0 N–H and O–H groups in total. The summed E-state index contributed by atoms with van der Waals surface area (Å²) in [6, 6.07) is 0. The molecule has 0 aromatic carbocycles. The van der Waals surface area contributed by atoms with Gasteiger partial charge in [0.1, 0.15) is 0 Å². The molecule has 0 bridgehead atoms. The largest absolute Gasteiger partial charge is 0.460 e. The molecular formula is C15H12F17I. The van der Waals surface area contributed by atoms with E-state index in [9.17, 15) is 74.6 Å². The first-order valence-electron chi connectivity index (χ1n) is 8.29. The molecular weight excluding hydrogens is 630 g/mol. The molecule has 0 aliphatic rings. The van der Waals surface area contributed by atoms with Crippen molar-refractivity contribution in [2.45, 2.75) is 80.2 Å². The average molecular weight is 642 g/mol. The minimum absolute atomic E-state index is 0.0176. The van der Waals surface area contributed by atoms with Gasteiger partial charge in [-0.05, 0) is 39.0 Å². The summed E-state index contributed by atoms with van der Waals surface area (Å²) in [6.45, 7) is 1.58. The minimum Gasteiger partial charge on any atom is -0.195 e. The van der Waals surface area contributed by atoms with Gasteiger partial charge >= 0.3 is 47.6 Å². The number of halogens is 18. The number of rotatable bonds is 11. The fraction of sp³-hybridized carbons (Fsp3) is 0.867.